The minimum atomic E-state index is 0.581. The van der Waals surface area contributed by atoms with Crippen molar-refractivity contribution < 1.29 is 0 Å². The minimum absolute atomic E-state index is 0.581. The van der Waals surface area contributed by atoms with Crippen LogP contribution in [-0.4, -0.2) is 17.7 Å². The maximum absolute atomic E-state index is 3.51. The van der Waals surface area contributed by atoms with Crippen LogP contribution in [-0.2, 0) is 0 Å². The Morgan fingerprint density at radius 3 is 2.53 bits per heavy atom. The average Bonchev–Trinajstić information content (AvgIpc) is 2.94. The maximum Gasteiger partial charge on any atom is 0.0423 e. The fourth-order valence-corrected chi connectivity index (χ4v) is 2.81. The molecule has 0 saturated carbocycles. The highest BCUT2D eigenvalue weighted by Crippen LogP contribution is 2.33. The average molecular weight is 226 g/mol. The number of piperidine rings is 1. The number of rotatable bonds is 2. The lowest BCUT2D eigenvalue weighted by Crippen LogP contribution is -2.36. The van der Waals surface area contributed by atoms with Crippen molar-refractivity contribution >= 4 is 0 Å². The van der Waals surface area contributed by atoms with Crippen LogP contribution in [0, 0.1) is 0 Å². The van der Waals surface area contributed by atoms with Gasteiger partial charge in [0, 0.05) is 30.9 Å². The summed E-state index contributed by atoms with van der Waals surface area (Å²) in [6, 6.07) is 15.7. The predicted octanol–water partition coefficient (Wildman–Crippen LogP) is 2.81. The molecule has 2 aromatic rings. The molecule has 1 aliphatic rings. The van der Waals surface area contributed by atoms with E-state index < -0.39 is 0 Å². The van der Waals surface area contributed by atoms with Gasteiger partial charge in [0.25, 0.3) is 0 Å². The molecule has 0 bridgehead atoms. The topological polar surface area (TPSA) is 17.0 Å². The monoisotopic (exact) mass is 226 g/mol. The van der Waals surface area contributed by atoms with Crippen molar-refractivity contribution in [1.82, 2.24) is 9.88 Å². The lowest BCUT2D eigenvalue weighted by Gasteiger charge is -2.33. The predicted molar refractivity (Wildman–Crippen MR) is 70.1 cm³/mol. The van der Waals surface area contributed by atoms with Gasteiger partial charge in [0.05, 0.1) is 0 Å². The molecule has 1 N–H and O–H groups in total. The third kappa shape index (κ3) is 2.13. The second-order valence-corrected chi connectivity index (χ2v) is 4.71. The highest BCUT2D eigenvalue weighted by atomic mass is 15.0. The maximum atomic E-state index is 3.51. The number of nitrogens with zero attached hydrogens (tertiary/aromatic N) is 1. The summed E-state index contributed by atoms with van der Waals surface area (Å²) < 4.78 is 2.36. The Labute approximate surface area is 102 Å². The van der Waals surface area contributed by atoms with Gasteiger partial charge in [-0.1, -0.05) is 30.3 Å². The zero-order valence-corrected chi connectivity index (χ0v) is 9.92. The summed E-state index contributed by atoms with van der Waals surface area (Å²) in [5.74, 6) is 0.581. The van der Waals surface area contributed by atoms with E-state index in [2.05, 4.69) is 64.7 Å². The van der Waals surface area contributed by atoms with Gasteiger partial charge in [-0.05, 0) is 30.7 Å². The summed E-state index contributed by atoms with van der Waals surface area (Å²) in [4.78, 5) is 0. The van der Waals surface area contributed by atoms with E-state index in [0.717, 1.165) is 13.1 Å². The standard InChI is InChI=1S/C15H18N2/c1-2-6-13(7-3-1)14-12-16-9-8-15(14)17-10-4-5-11-17/h1-7,10-11,14-16H,8-9,12H2. The van der Waals surface area contributed by atoms with E-state index in [1.54, 1.807) is 0 Å². The summed E-state index contributed by atoms with van der Waals surface area (Å²) >= 11 is 0. The number of nitrogens with one attached hydrogen (secondary N) is 1. The number of aromatic nitrogens is 1. The Bertz CT molecular complexity index is 447. The molecule has 0 spiro atoms. The first-order chi connectivity index (χ1) is 8.45. The van der Waals surface area contributed by atoms with Crippen molar-refractivity contribution in [3.8, 4) is 0 Å². The van der Waals surface area contributed by atoms with Crippen LogP contribution in [0.4, 0.5) is 0 Å². The lowest BCUT2D eigenvalue weighted by molar-refractivity contribution is 0.321. The third-order valence-electron chi connectivity index (χ3n) is 3.68. The van der Waals surface area contributed by atoms with Crippen molar-refractivity contribution in [1.29, 1.82) is 0 Å². The Morgan fingerprint density at radius 1 is 1.00 bits per heavy atom. The third-order valence-corrected chi connectivity index (χ3v) is 3.68. The van der Waals surface area contributed by atoms with E-state index in [1.807, 2.05) is 0 Å². The molecule has 0 amide bonds. The molecule has 1 aromatic heterocycles. The second-order valence-electron chi connectivity index (χ2n) is 4.71. The molecule has 2 atom stereocenters. The van der Waals surface area contributed by atoms with Gasteiger partial charge in [-0.25, -0.2) is 0 Å². The van der Waals surface area contributed by atoms with Crippen LogP contribution in [0.25, 0.3) is 0 Å². The summed E-state index contributed by atoms with van der Waals surface area (Å²) in [7, 11) is 0. The van der Waals surface area contributed by atoms with Gasteiger partial charge in [0.1, 0.15) is 0 Å². The summed E-state index contributed by atoms with van der Waals surface area (Å²) in [5.41, 5.74) is 1.44. The molecule has 2 nitrogen and oxygen atoms in total. The largest absolute Gasteiger partial charge is 0.351 e. The van der Waals surface area contributed by atoms with Gasteiger partial charge < -0.3 is 9.88 Å². The van der Waals surface area contributed by atoms with Crippen LogP contribution in [0.1, 0.15) is 23.9 Å². The van der Waals surface area contributed by atoms with Crippen LogP contribution < -0.4 is 5.32 Å². The molecule has 1 fully saturated rings. The molecule has 3 rings (SSSR count). The van der Waals surface area contributed by atoms with E-state index in [1.165, 1.54) is 12.0 Å². The van der Waals surface area contributed by atoms with Crippen molar-refractivity contribution in [3.05, 3.63) is 60.4 Å². The Morgan fingerprint density at radius 2 is 1.76 bits per heavy atom. The minimum Gasteiger partial charge on any atom is -0.351 e. The van der Waals surface area contributed by atoms with Crippen LogP contribution in [0.2, 0.25) is 0 Å². The molecular weight excluding hydrogens is 208 g/mol. The first kappa shape index (κ1) is 10.6. The highest BCUT2D eigenvalue weighted by molar-refractivity contribution is 5.22. The summed E-state index contributed by atoms with van der Waals surface area (Å²) in [6.07, 6.45) is 5.58. The van der Waals surface area contributed by atoms with E-state index in [-0.39, 0.29) is 0 Å². The number of hydrogen-bond donors (Lipinski definition) is 1. The number of benzene rings is 1. The normalized spacial score (nSPS) is 24.7. The van der Waals surface area contributed by atoms with Gasteiger partial charge in [-0.2, -0.15) is 0 Å². The smallest absolute Gasteiger partial charge is 0.0423 e. The van der Waals surface area contributed by atoms with Crippen molar-refractivity contribution in [2.24, 2.45) is 0 Å². The summed E-state index contributed by atoms with van der Waals surface area (Å²) in [5, 5.41) is 3.51. The lowest BCUT2D eigenvalue weighted by atomic mass is 9.87. The first-order valence-electron chi connectivity index (χ1n) is 6.33. The molecule has 2 heterocycles. The molecule has 88 valence electrons. The zero-order valence-electron chi connectivity index (χ0n) is 9.92. The quantitative estimate of drug-likeness (QED) is 0.833. The Kier molecular flexibility index (Phi) is 2.97. The molecule has 1 aliphatic heterocycles. The molecule has 2 unspecified atom stereocenters. The molecule has 0 radical (unpaired) electrons. The van der Waals surface area contributed by atoms with Crippen LogP contribution in [0.3, 0.4) is 0 Å². The van der Waals surface area contributed by atoms with E-state index >= 15 is 0 Å². The van der Waals surface area contributed by atoms with Gasteiger partial charge in [-0.15, -0.1) is 0 Å². The molecule has 0 aliphatic carbocycles. The van der Waals surface area contributed by atoms with Gasteiger partial charge in [0.15, 0.2) is 0 Å². The van der Waals surface area contributed by atoms with Crippen molar-refractivity contribution in [3.63, 3.8) is 0 Å². The van der Waals surface area contributed by atoms with E-state index in [4.69, 9.17) is 0 Å². The highest BCUT2D eigenvalue weighted by Gasteiger charge is 2.26. The molecule has 2 heteroatoms. The van der Waals surface area contributed by atoms with Gasteiger partial charge in [0.2, 0.25) is 0 Å². The summed E-state index contributed by atoms with van der Waals surface area (Å²) in [6.45, 7) is 2.19. The first-order valence-corrected chi connectivity index (χ1v) is 6.33. The van der Waals surface area contributed by atoms with Gasteiger partial charge in [-0.3, -0.25) is 0 Å². The van der Waals surface area contributed by atoms with Crippen molar-refractivity contribution in [2.75, 3.05) is 13.1 Å². The van der Waals surface area contributed by atoms with Crippen LogP contribution in [0.15, 0.2) is 54.9 Å². The zero-order chi connectivity index (χ0) is 11.5. The molecule has 17 heavy (non-hydrogen) atoms. The van der Waals surface area contributed by atoms with Crippen LogP contribution in [0.5, 0.6) is 0 Å². The molecular formula is C15H18N2. The fourth-order valence-electron chi connectivity index (χ4n) is 2.81. The van der Waals surface area contributed by atoms with Gasteiger partial charge >= 0.3 is 0 Å². The van der Waals surface area contributed by atoms with Crippen molar-refractivity contribution in [2.45, 2.75) is 18.4 Å². The van der Waals surface area contributed by atoms with E-state index in [0.29, 0.717) is 12.0 Å². The SMILES string of the molecule is c1ccc(C2CNCCC2n2cccc2)cc1. The molecule has 1 aromatic carbocycles. The number of hydrogen-bond acceptors (Lipinski definition) is 1. The fraction of sp³-hybridized carbons (Fsp3) is 0.333. The van der Waals surface area contributed by atoms with Crippen LogP contribution >= 0.6 is 0 Å². The Balaban J connectivity index is 1.91. The Hall–Kier alpha value is -1.54. The second kappa shape index (κ2) is 4.76. The van der Waals surface area contributed by atoms with E-state index in [9.17, 15) is 0 Å². The molecule has 1 saturated heterocycles.